The van der Waals surface area contributed by atoms with Gasteiger partial charge in [-0.25, -0.2) is 4.79 Å². The molecule has 0 spiro atoms. The van der Waals surface area contributed by atoms with E-state index < -0.39 is 5.97 Å². The van der Waals surface area contributed by atoms with Crippen LogP contribution in [0.2, 0.25) is 0 Å². The van der Waals surface area contributed by atoms with Gasteiger partial charge in [-0.05, 0) is 19.0 Å². The largest absolute Gasteiger partial charge is 0.463 e. The summed E-state index contributed by atoms with van der Waals surface area (Å²) < 4.78 is 15.2. The number of carbonyl (C=O) groups excluding carboxylic acids is 1. The van der Waals surface area contributed by atoms with Crippen LogP contribution < -0.4 is 4.74 Å². The van der Waals surface area contributed by atoms with Gasteiger partial charge in [0.1, 0.15) is 5.76 Å². The quantitative estimate of drug-likeness (QED) is 0.756. The fourth-order valence-corrected chi connectivity index (χ4v) is 1.49. The van der Waals surface area contributed by atoms with E-state index in [4.69, 9.17) is 14.0 Å². The summed E-state index contributed by atoms with van der Waals surface area (Å²) in [6, 6.07) is 0. The van der Waals surface area contributed by atoms with Crippen molar-refractivity contribution in [2.24, 2.45) is 0 Å². The van der Waals surface area contributed by atoms with Crippen LogP contribution in [-0.4, -0.2) is 24.3 Å². The molecule has 0 saturated carbocycles. The monoisotopic (exact) mass is 241 g/mol. The minimum absolute atomic E-state index is 0.136. The summed E-state index contributed by atoms with van der Waals surface area (Å²) in [6.45, 7) is 9.87. The molecule has 0 radical (unpaired) electrons. The van der Waals surface area contributed by atoms with Crippen LogP contribution in [0, 0.1) is 6.92 Å². The van der Waals surface area contributed by atoms with Crippen LogP contribution in [-0.2, 0) is 14.9 Å². The summed E-state index contributed by atoms with van der Waals surface area (Å²) in [4.78, 5) is 11.1. The smallest absolute Gasteiger partial charge is 0.344 e. The van der Waals surface area contributed by atoms with E-state index in [0.29, 0.717) is 12.5 Å². The van der Waals surface area contributed by atoms with E-state index in [1.54, 1.807) is 6.92 Å². The first-order chi connectivity index (χ1) is 7.86. The maximum absolute atomic E-state index is 11.1. The second-order valence-electron chi connectivity index (χ2n) is 4.79. The fourth-order valence-electron chi connectivity index (χ4n) is 1.49. The lowest BCUT2D eigenvalue weighted by Gasteiger charge is -2.14. The molecule has 0 unspecified atom stereocenters. The van der Waals surface area contributed by atoms with Gasteiger partial charge in [0.2, 0.25) is 0 Å². The molecule has 0 N–H and O–H groups in total. The van der Waals surface area contributed by atoms with Crippen molar-refractivity contribution in [3.63, 3.8) is 0 Å². The average Bonchev–Trinajstić information content (AvgIpc) is 2.57. The average molecular weight is 241 g/mol. The Morgan fingerprint density at radius 1 is 1.41 bits per heavy atom. The summed E-state index contributed by atoms with van der Waals surface area (Å²) in [5.74, 6) is 0.701. The van der Waals surface area contributed by atoms with E-state index in [1.165, 1.54) is 0 Å². The van der Waals surface area contributed by atoms with Crippen LogP contribution in [0.5, 0.6) is 5.88 Å². The molecule has 0 saturated heterocycles. The normalized spacial score (nSPS) is 11.4. The van der Waals surface area contributed by atoms with Gasteiger partial charge in [-0.1, -0.05) is 20.8 Å². The van der Waals surface area contributed by atoms with Crippen LogP contribution in [0.1, 0.15) is 39.0 Å². The van der Waals surface area contributed by atoms with Gasteiger partial charge in [-0.2, -0.15) is 0 Å². The van der Waals surface area contributed by atoms with Gasteiger partial charge >= 0.3 is 5.97 Å². The third kappa shape index (κ3) is 3.47. The zero-order valence-corrected chi connectivity index (χ0v) is 11.0. The number of hydrogen-bond donors (Lipinski definition) is 0. The zero-order valence-electron chi connectivity index (χ0n) is 11.0. The van der Waals surface area contributed by atoms with E-state index in [1.807, 2.05) is 27.7 Å². The number of esters is 1. The third-order valence-electron chi connectivity index (χ3n) is 2.19. The molecule has 0 aliphatic rings. The predicted octanol–water partition coefficient (Wildman–Crippen LogP) is 2.22. The van der Waals surface area contributed by atoms with Crippen LogP contribution in [0.25, 0.3) is 0 Å². The van der Waals surface area contributed by atoms with Crippen molar-refractivity contribution in [1.29, 1.82) is 0 Å². The number of carbonyl (C=O) groups is 1. The predicted molar refractivity (Wildman–Crippen MR) is 62.1 cm³/mol. The van der Waals surface area contributed by atoms with Crippen LogP contribution in [0.4, 0.5) is 0 Å². The van der Waals surface area contributed by atoms with Gasteiger partial charge in [0, 0.05) is 5.41 Å². The van der Waals surface area contributed by atoms with Gasteiger partial charge in [0.15, 0.2) is 6.61 Å². The highest BCUT2D eigenvalue weighted by Gasteiger charge is 2.25. The molecular weight excluding hydrogens is 222 g/mol. The highest BCUT2D eigenvalue weighted by atomic mass is 16.6. The standard InChI is InChI=1S/C12H19NO4/c1-6-15-9(14)7-16-11-8(2)10(17-13-11)12(3,4)5/h6-7H2,1-5H3. The summed E-state index contributed by atoms with van der Waals surface area (Å²) in [6.07, 6.45) is 0. The lowest BCUT2D eigenvalue weighted by Crippen LogP contribution is -2.15. The summed E-state index contributed by atoms with van der Waals surface area (Å²) >= 11 is 0. The molecule has 1 heterocycles. The molecule has 0 fully saturated rings. The van der Waals surface area contributed by atoms with Gasteiger partial charge < -0.3 is 14.0 Å². The molecule has 96 valence electrons. The van der Waals surface area contributed by atoms with Gasteiger partial charge in [-0.3, -0.25) is 0 Å². The van der Waals surface area contributed by atoms with E-state index in [-0.39, 0.29) is 12.0 Å². The SMILES string of the molecule is CCOC(=O)COc1noc(C(C)(C)C)c1C. The Hall–Kier alpha value is -1.52. The molecule has 0 atom stereocenters. The Bertz CT molecular complexity index is 390. The maximum atomic E-state index is 11.1. The van der Waals surface area contributed by atoms with Gasteiger partial charge in [-0.15, -0.1) is 0 Å². The van der Waals surface area contributed by atoms with Crippen LogP contribution in [0.15, 0.2) is 4.52 Å². The van der Waals surface area contributed by atoms with Crippen LogP contribution in [0.3, 0.4) is 0 Å². The first kappa shape index (κ1) is 13.5. The first-order valence-electron chi connectivity index (χ1n) is 5.61. The Kier molecular flexibility index (Phi) is 4.15. The molecule has 0 aliphatic heterocycles. The molecule has 1 aromatic rings. The third-order valence-corrected chi connectivity index (χ3v) is 2.19. The van der Waals surface area contributed by atoms with Crippen molar-refractivity contribution < 1.29 is 18.8 Å². The molecular formula is C12H19NO4. The first-order valence-corrected chi connectivity index (χ1v) is 5.61. The summed E-state index contributed by atoms with van der Waals surface area (Å²) in [7, 11) is 0. The van der Waals surface area contributed by atoms with Crippen molar-refractivity contribution in [2.75, 3.05) is 13.2 Å². The Morgan fingerprint density at radius 3 is 2.53 bits per heavy atom. The molecule has 5 heteroatoms. The van der Waals surface area contributed by atoms with Crippen molar-refractivity contribution >= 4 is 5.97 Å². The van der Waals surface area contributed by atoms with E-state index in [0.717, 1.165) is 11.3 Å². The van der Waals surface area contributed by atoms with Crippen molar-refractivity contribution in [1.82, 2.24) is 5.16 Å². The van der Waals surface area contributed by atoms with Gasteiger partial charge in [0.25, 0.3) is 5.88 Å². The molecule has 1 aromatic heterocycles. The Balaban J connectivity index is 2.68. The lowest BCUT2D eigenvalue weighted by molar-refractivity contribution is -0.145. The lowest BCUT2D eigenvalue weighted by atomic mass is 9.91. The highest BCUT2D eigenvalue weighted by Crippen LogP contribution is 2.30. The minimum Gasteiger partial charge on any atom is -0.463 e. The summed E-state index contributed by atoms with van der Waals surface area (Å²) in [5.41, 5.74) is 0.685. The zero-order chi connectivity index (χ0) is 13.1. The van der Waals surface area contributed by atoms with E-state index >= 15 is 0 Å². The second-order valence-corrected chi connectivity index (χ2v) is 4.79. The fraction of sp³-hybridized carbons (Fsp3) is 0.667. The summed E-state index contributed by atoms with van der Waals surface area (Å²) in [5, 5.41) is 3.81. The molecule has 0 bridgehead atoms. The van der Waals surface area contributed by atoms with E-state index in [9.17, 15) is 4.79 Å². The van der Waals surface area contributed by atoms with Crippen molar-refractivity contribution in [3.8, 4) is 5.88 Å². The van der Waals surface area contributed by atoms with Crippen molar-refractivity contribution in [2.45, 2.75) is 40.0 Å². The Labute approximate surface area is 101 Å². The van der Waals surface area contributed by atoms with Crippen molar-refractivity contribution in [3.05, 3.63) is 11.3 Å². The number of hydrogen-bond acceptors (Lipinski definition) is 5. The Morgan fingerprint density at radius 2 is 2.06 bits per heavy atom. The number of nitrogens with zero attached hydrogens (tertiary/aromatic N) is 1. The van der Waals surface area contributed by atoms with E-state index in [2.05, 4.69) is 5.16 Å². The molecule has 5 nitrogen and oxygen atoms in total. The molecule has 17 heavy (non-hydrogen) atoms. The maximum Gasteiger partial charge on any atom is 0.344 e. The topological polar surface area (TPSA) is 61.6 Å². The van der Waals surface area contributed by atoms with Crippen LogP contribution >= 0.6 is 0 Å². The molecule has 0 aliphatic carbocycles. The molecule has 0 amide bonds. The number of rotatable bonds is 4. The number of aromatic nitrogens is 1. The molecule has 0 aromatic carbocycles. The highest BCUT2D eigenvalue weighted by molar-refractivity contribution is 5.71. The molecule has 1 rings (SSSR count). The minimum atomic E-state index is -0.410. The number of ether oxygens (including phenoxy) is 2. The second kappa shape index (κ2) is 5.21. The van der Waals surface area contributed by atoms with Gasteiger partial charge in [0.05, 0.1) is 12.2 Å².